The minimum Gasteiger partial charge on any atom is -0.496 e. The van der Waals surface area contributed by atoms with Crippen LogP contribution in [0.3, 0.4) is 0 Å². The van der Waals surface area contributed by atoms with E-state index in [4.69, 9.17) is 14.2 Å². The van der Waals surface area contributed by atoms with Crippen molar-refractivity contribution in [2.75, 3.05) is 20.8 Å². The van der Waals surface area contributed by atoms with Gasteiger partial charge >= 0.3 is 5.97 Å². The number of rotatable bonds is 12. The number of ether oxygens (including phenoxy) is 3. The van der Waals surface area contributed by atoms with Gasteiger partial charge in [0, 0.05) is 18.7 Å². The lowest BCUT2D eigenvalue weighted by Crippen LogP contribution is -2.50. The lowest BCUT2D eigenvalue weighted by Gasteiger charge is -2.35. The van der Waals surface area contributed by atoms with Gasteiger partial charge in [-0.05, 0) is 76.2 Å². The van der Waals surface area contributed by atoms with E-state index in [2.05, 4.69) is 23.6 Å². The van der Waals surface area contributed by atoms with Crippen molar-refractivity contribution in [3.8, 4) is 17.6 Å². The smallest absolute Gasteiger partial charge is 0.311 e. The molecule has 9 nitrogen and oxygen atoms in total. The van der Waals surface area contributed by atoms with Gasteiger partial charge in [0.2, 0.25) is 5.91 Å². The third-order valence-corrected chi connectivity index (χ3v) is 9.52. The predicted molar refractivity (Wildman–Crippen MR) is 153 cm³/mol. The summed E-state index contributed by atoms with van der Waals surface area (Å²) in [5.41, 5.74) is 0.00884. The van der Waals surface area contributed by atoms with E-state index in [9.17, 15) is 19.6 Å². The Morgan fingerprint density at radius 1 is 1.02 bits per heavy atom. The van der Waals surface area contributed by atoms with Crippen LogP contribution in [0.15, 0.2) is 12.1 Å². The number of fused-ring (bicyclic) bond motifs is 2. The Hall–Kier alpha value is -3.28. The van der Waals surface area contributed by atoms with Crippen LogP contribution in [0, 0.1) is 34.5 Å². The molecular formula is C32H45N3O6. The number of amides is 2. The zero-order chi connectivity index (χ0) is 29.6. The van der Waals surface area contributed by atoms with Gasteiger partial charge in [0.25, 0.3) is 5.91 Å². The Balaban J connectivity index is 1.47. The summed E-state index contributed by atoms with van der Waals surface area (Å²) in [5, 5.41) is 16.1. The maximum atomic E-state index is 13.7. The average Bonchev–Trinajstić information content (AvgIpc) is 3.59. The Kier molecular flexibility index (Phi) is 10.2. The number of hydrogen-bond acceptors (Lipinski definition) is 7. The Labute approximate surface area is 243 Å². The molecule has 2 N–H and O–H groups in total. The molecule has 1 aromatic rings. The monoisotopic (exact) mass is 567 g/mol. The summed E-state index contributed by atoms with van der Waals surface area (Å²) in [4.78, 5) is 39.1. The van der Waals surface area contributed by atoms with E-state index in [0.29, 0.717) is 38.0 Å². The van der Waals surface area contributed by atoms with Crippen molar-refractivity contribution in [2.24, 2.45) is 23.2 Å². The quantitative estimate of drug-likeness (QED) is 0.271. The predicted octanol–water partition coefficient (Wildman–Crippen LogP) is 4.91. The molecule has 2 bridgehead atoms. The molecule has 9 heteroatoms. The molecule has 3 aliphatic rings. The topological polar surface area (TPSA) is 127 Å². The van der Waals surface area contributed by atoms with Gasteiger partial charge in [0.1, 0.15) is 17.6 Å². The molecule has 4 atom stereocenters. The van der Waals surface area contributed by atoms with Gasteiger partial charge in [-0.15, -0.1) is 0 Å². The number of hydrogen-bond donors (Lipinski definition) is 2. The summed E-state index contributed by atoms with van der Waals surface area (Å²) >= 11 is 0. The first kappa shape index (κ1) is 30.7. The Bertz CT molecular complexity index is 1150. The van der Waals surface area contributed by atoms with E-state index in [1.165, 1.54) is 20.3 Å². The first-order chi connectivity index (χ1) is 19.7. The molecule has 0 saturated heterocycles. The van der Waals surface area contributed by atoms with Crippen LogP contribution in [0.4, 0.5) is 0 Å². The van der Waals surface area contributed by atoms with Gasteiger partial charge in [-0.2, -0.15) is 5.26 Å². The molecule has 1 aromatic carbocycles. The lowest BCUT2D eigenvalue weighted by molar-refractivity contribution is -0.154. The molecule has 0 radical (unpaired) electrons. The fourth-order valence-corrected chi connectivity index (χ4v) is 7.05. The number of nitrogens with one attached hydrogen (secondary N) is 2. The molecule has 0 spiro atoms. The second kappa shape index (κ2) is 13.6. The average molecular weight is 568 g/mol. The molecule has 41 heavy (non-hydrogen) atoms. The summed E-state index contributed by atoms with van der Waals surface area (Å²) in [7, 11) is 2.87. The molecule has 0 heterocycles. The normalized spacial score (nSPS) is 28.4. The summed E-state index contributed by atoms with van der Waals surface area (Å²) in [6.45, 7) is 4.73. The van der Waals surface area contributed by atoms with Gasteiger partial charge in [-0.1, -0.05) is 26.2 Å². The highest BCUT2D eigenvalue weighted by Crippen LogP contribution is 2.49. The molecule has 3 aliphatic carbocycles. The fraction of sp³-hybridized carbons (Fsp3) is 0.688. The minimum absolute atomic E-state index is 0.0334. The molecule has 0 aromatic heterocycles. The van der Waals surface area contributed by atoms with E-state index in [1.54, 1.807) is 6.07 Å². The number of unbranched alkanes of at least 4 members (excludes halogenated alkanes) is 3. The van der Waals surface area contributed by atoms with Crippen molar-refractivity contribution < 1.29 is 28.6 Å². The van der Waals surface area contributed by atoms with Crippen molar-refractivity contribution in [2.45, 2.75) is 96.6 Å². The van der Waals surface area contributed by atoms with E-state index in [1.807, 2.05) is 6.92 Å². The molecular weight excluding hydrogens is 522 g/mol. The van der Waals surface area contributed by atoms with Gasteiger partial charge < -0.3 is 24.8 Å². The van der Waals surface area contributed by atoms with Crippen LogP contribution in [0.5, 0.6) is 11.5 Å². The highest BCUT2D eigenvalue weighted by atomic mass is 16.5. The largest absolute Gasteiger partial charge is 0.496 e. The molecule has 224 valence electrons. The van der Waals surface area contributed by atoms with E-state index < -0.39 is 5.41 Å². The maximum Gasteiger partial charge on any atom is 0.311 e. The standard InChI is InChI=1S/C32H45N3O6/c1-5-6-7-8-15-34-30(37)27-20-9-10-21(16-20)28(27)35-29(36)24-18-25(22(19-33)17-26(24)39-3)41-23-11-13-32(2,14-12-23)31(38)40-4/h17-18,20-21,23,27-28H,5-16H2,1-4H3,(H,34,37)(H,35,36)/t20-,21+,23-,27+,28-,32+/m1/s1. The van der Waals surface area contributed by atoms with Gasteiger partial charge in [-0.3, -0.25) is 14.4 Å². The molecule has 4 rings (SSSR count). The highest BCUT2D eigenvalue weighted by molar-refractivity contribution is 5.98. The Morgan fingerprint density at radius 3 is 2.41 bits per heavy atom. The van der Waals surface area contributed by atoms with Crippen LogP contribution in [-0.4, -0.2) is 50.7 Å². The van der Waals surface area contributed by atoms with Crippen molar-refractivity contribution in [3.05, 3.63) is 23.3 Å². The lowest BCUT2D eigenvalue weighted by atomic mass is 9.74. The summed E-state index contributed by atoms with van der Waals surface area (Å²) in [6, 6.07) is 5.03. The minimum atomic E-state index is -0.545. The van der Waals surface area contributed by atoms with Gasteiger partial charge in [-0.25, -0.2) is 0 Å². The number of methoxy groups -OCH3 is 2. The molecule has 0 unspecified atom stereocenters. The molecule has 3 fully saturated rings. The van der Waals surface area contributed by atoms with Gasteiger partial charge in [0.05, 0.1) is 42.8 Å². The number of nitriles is 1. The zero-order valence-corrected chi connectivity index (χ0v) is 24.9. The molecule has 2 amide bonds. The van der Waals surface area contributed by atoms with Crippen LogP contribution in [0.25, 0.3) is 0 Å². The van der Waals surface area contributed by atoms with Crippen molar-refractivity contribution in [1.29, 1.82) is 5.26 Å². The second-order valence-corrected chi connectivity index (χ2v) is 12.2. The summed E-state index contributed by atoms with van der Waals surface area (Å²) in [6.07, 6.45) is 9.63. The Morgan fingerprint density at radius 2 is 1.76 bits per heavy atom. The molecule has 0 aliphatic heterocycles. The number of carbonyl (C=O) groups excluding carboxylic acids is 3. The van der Waals surface area contributed by atoms with Gasteiger partial charge in [0.15, 0.2) is 0 Å². The third kappa shape index (κ3) is 6.79. The first-order valence-corrected chi connectivity index (χ1v) is 15.2. The fourth-order valence-electron chi connectivity index (χ4n) is 7.05. The van der Waals surface area contributed by atoms with E-state index >= 15 is 0 Å². The SMILES string of the molecule is CCCCCCNC(=O)[C@H]1[C@@H]2CC[C@@H](C2)[C@H]1NC(=O)c1cc(O[C@H]2CC[C@@](C)(C(=O)OC)CC2)c(C#N)cc1OC. The number of nitrogens with zero attached hydrogens (tertiary/aromatic N) is 1. The number of carbonyl (C=O) groups is 3. The van der Waals surface area contributed by atoms with E-state index in [-0.39, 0.29) is 64.6 Å². The summed E-state index contributed by atoms with van der Waals surface area (Å²) < 4.78 is 16.7. The van der Waals surface area contributed by atoms with E-state index in [0.717, 1.165) is 44.9 Å². The number of esters is 1. The zero-order valence-electron chi connectivity index (χ0n) is 24.9. The number of benzene rings is 1. The second-order valence-electron chi connectivity index (χ2n) is 12.2. The van der Waals surface area contributed by atoms with Crippen LogP contribution < -0.4 is 20.1 Å². The van der Waals surface area contributed by atoms with Crippen LogP contribution in [0.2, 0.25) is 0 Å². The van der Waals surface area contributed by atoms with Crippen LogP contribution >= 0.6 is 0 Å². The highest BCUT2D eigenvalue weighted by Gasteiger charge is 2.51. The first-order valence-electron chi connectivity index (χ1n) is 15.2. The van der Waals surface area contributed by atoms with Crippen molar-refractivity contribution in [3.63, 3.8) is 0 Å². The van der Waals surface area contributed by atoms with Crippen molar-refractivity contribution in [1.82, 2.24) is 10.6 Å². The van der Waals surface area contributed by atoms with Crippen LogP contribution in [0.1, 0.15) is 100 Å². The maximum absolute atomic E-state index is 13.7. The third-order valence-electron chi connectivity index (χ3n) is 9.52. The van der Waals surface area contributed by atoms with Crippen LogP contribution in [-0.2, 0) is 14.3 Å². The van der Waals surface area contributed by atoms with Crippen molar-refractivity contribution >= 4 is 17.8 Å². The molecule has 3 saturated carbocycles. The summed E-state index contributed by atoms with van der Waals surface area (Å²) in [5.74, 6) is 0.391.